The van der Waals surface area contributed by atoms with E-state index in [4.69, 9.17) is 5.73 Å². The smallest absolute Gasteiger partial charge is 0.267 e. The van der Waals surface area contributed by atoms with Crippen LogP contribution in [0.25, 0.3) is 33.1 Å². The number of rotatable bonds is 2. The van der Waals surface area contributed by atoms with E-state index >= 15 is 0 Å². The van der Waals surface area contributed by atoms with Crippen LogP contribution in [-0.4, -0.2) is 31.2 Å². The Kier molecular flexibility index (Phi) is 2.43. The van der Waals surface area contributed by atoms with E-state index in [0.717, 1.165) is 27.4 Å². The number of amides is 1. The third-order valence-electron chi connectivity index (χ3n) is 3.63. The zero-order chi connectivity index (χ0) is 15.3. The van der Waals surface area contributed by atoms with Gasteiger partial charge in [0.2, 0.25) is 0 Å². The maximum atomic E-state index is 11.5. The maximum absolute atomic E-state index is 11.5. The second-order valence-electron chi connectivity index (χ2n) is 4.98. The molecule has 0 bridgehead atoms. The molecule has 108 valence electrons. The Balaban J connectivity index is 2.09. The zero-order valence-electron chi connectivity index (χ0n) is 11.3. The largest absolute Gasteiger partial charge is 0.508 e. The lowest BCUT2D eigenvalue weighted by Gasteiger charge is -2.04. The van der Waals surface area contributed by atoms with Crippen LogP contribution in [0.5, 0.6) is 5.75 Å². The Morgan fingerprint density at radius 2 is 2.05 bits per heavy atom. The molecule has 4 aromatic rings. The monoisotopic (exact) mass is 293 g/mol. The normalized spacial score (nSPS) is 11.3. The molecule has 1 amide bonds. The van der Waals surface area contributed by atoms with E-state index in [1.165, 1.54) is 0 Å². The molecular formula is C15H11N5O2. The molecule has 0 aliphatic carbocycles. The van der Waals surface area contributed by atoms with Crippen molar-refractivity contribution < 1.29 is 9.90 Å². The highest BCUT2D eigenvalue weighted by Crippen LogP contribution is 2.34. The molecule has 0 saturated carbocycles. The van der Waals surface area contributed by atoms with E-state index < -0.39 is 5.91 Å². The minimum Gasteiger partial charge on any atom is -0.508 e. The molecule has 7 heteroatoms. The molecule has 0 spiro atoms. The molecular weight excluding hydrogens is 282 g/mol. The van der Waals surface area contributed by atoms with Crippen LogP contribution in [0.4, 0.5) is 0 Å². The van der Waals surface area contributed by atoms with Crippen molar-refractivity contribution in [3.8, 4) is 16.9 Å². The Morgan fingerprint density at radius 3 is 2.86 bits per heavy atom. The average molecular weight is 293 g/mol. The van der Waals surface area contributed by atoms with Gasteiger partial charge in [-0.2, -0.15) is 5.10 Å². The van der Waals surface area contributed by atoms with Crippen molar-refractivity contribution in [2.45, 2.75) is 0 Å². The Bertz CT molecular complexity index is 1030. The lowest BCUT2D eigenvalue weighted by atomic mass is 10.0. The second kappa shape index (κ2) is 4.32. The van der Waals surface area contributed by atoms with E-state index in [1.54, 1.807) is 30.5 Å². The average Bonchev–Trinajstić information content (AvgIpc) is 3.11. The van der Waals surface area contributed by atoms with E-state index in [0.29, 0.717) is 5.65 Å². The molecule has 7 nitrogen and oxygen atoms in total. The molecule has 22 heavy (non-hydrogen) atoms. The Hall–Kier alpha value is -3.35. The lowest BCUT2D eigenvalue weighted by molar-refractivity contribution is 0.0996. The summed E-state index contributed by atoms with van der Waals surface area (Å²) in [6.45, 7) is 0. The van der Waals surface area contributed by atoms with Crippen molar-refractivity contribution in [2.75, 3.05) is 0 Å². The fourth-order valence-electron chi connectivity index (χ4n) is 2.61. The molecule has 0 saturated heterocycles. The predicted octanol–water partition coefficient (Wildman–Crippen LogP) is 1.91. The summed E-state index contributed by atoms with van der Waals surface area (Å²) in [6.07, 6.45) is 3.46. The highest BCUT2D eigenvalue weighted by atomic mass is 16.3. The molecule has 0 atom stereocenters. The number of hydrogen-bond acceptors (Lipinski definition) is 4. The number of fused-ring (bicyclic) bond motifs is 2. The Labute approximate surface area is 123 Å². The molecule has 3 heterocycles. The topological polar surface area (TPSA) is 121 Å². The first kappa shape index (κ1) is 12.4. The number of nitrogens with zero attached hydrogens (tertiary/aromatic N) is 2. The SMILES string of the molecule is NC(=O)c1cc(-c2c[nH]c3ccc(O)cc23)c2cn[nH]c2n1. The molecule has 0 aliphatic heterocycles. The summed E-state index contributed by atoms with van der Waals surface area (Å²) in [5.74, 6) is -0.443. The van der Waals surface area contributed by atoms with Gasteiger partial charge in [-0.3, -0.25) is 9.89 Å². The molecule has 0 fully saturated rings. The van der Waals surface area contributed by atoms with Crippen molar-refractivity contribution in [1.82, 2.24) is 20.2 Å². The number of aromatic nitrogens is 4. The number of carbonyl (C=O) groups excluding carboxylic acids is 1. The predicted molar refractivity (Wildman–Crippen MR) is 81.4 cm³/mol. The number of carbonyl (C=O) groups is 1. The van der Waals surface area contributed by atoms with Gasteiger partial charge in [-0.15, -0.1) is 0 Å². The van der Waals surface area contributed by atoms with Crippen LogP contribution in [0.2, 0.25) is 0 Å². The molecule has 0 radical (unpaired) electrons. The van der Waals surface area contributed by atoms with Gasteiger partial charge in [0, 0.05) is 28.0 Å². The van der Waals surface area contributed by atoms with Crippen LogP contribution in [0.3, 0.4) is 0 Å². The van der Waals surface area contributed by atoms with Gasteiger partial charge in [0.05, 0.1) is 6.20 Å². The molecule has 5 N–H and O–H groups in total. The summed E-state index contributed by atoms with van der Waals surface area (Å²) in [5, 5.41) is 18.0. The summed E-state index contributed by atoms with van der Waals surface area (Å²) in [6, 6.07) is 6.69. The van der Waals surface area contributed by atoms with Crippen molar-refractivity contribution >= 4 is 27.8 Å². The Morgan fingerprint density at radius 1 is 1.18 bits per heavy atom. The van der Waals surface area contributed by atoms with Gasteiger partial charge in [0.15, 0.2) is 5.65 Å². The molecule has 1 aromatic carbocycles. The molecule has 0 aliphatic rings. The van der Waals surface area contributed by atoms with Gasteiger partial charge in [0.1, 0.15) is 11.4 Å². The number of hydrogen-bond donors (Lipinski definition) is 4. The van der Waals surface area contributed by atoms with Gasteiger partial charge in [0.25, 0.3) is 5.91 Å². The van der Waals surface area contributed by atoms with Gasteiger partial charge >= 0.3 is 0 Å². The number of phenols is 1. The number of H-pyrrole nitrogens is 2. The number of aromatic hydroxyl groups is 1. The van der Waals surface area contributed by atoms with Crippen LogP contribution in [-0.2, 0) is 0 Å². The van der Waals surface area contributed by atoms with E-state index in [9.17, 15) is 9.90 Å². The van der Waals surface area contributed by atoms with Crippen LogP contribution < -0.4 is 5.73 Å². The van der Waals surface area contributed by atoms with Gasteiger partial charge in [-0.25, -0.2) is 4.98 Å². The number of nitrogens with one attached hydrogen (secondary N) is 2. The lowest BCUT2D eigenvalue weighted by Crippen LogP contribution is -2.13. The molecule has 0 unspecified atom stereocenters. The summed E-state index contributed by atoms with van der Waals surface area (Å²) in [4.78, 5) is 18.8. The standard InChI is InChI=1S/C15H11N5O2/c16-14(22)13-4-8(11-6-18-20-15(11)19-13)10-5-17-12-2-1-7(21)3-9(10)12/h1-6,17,21H,(H2,16,22)(H,18,19,20). The van der Waals surface area contributed by atoms with E-state index in [1.807, 2.05) is 6.20 Å². The van der Waals surface area contributed by atoms with Gasteiger partial charge in [-0.1, -0.05) is 0 Å². The van der Waals surface area contributed by atoms with Crippen LogP contribution >= 0.6 is 0 Å². The number of aromatic amines is 2. The third-order valence-corrected chi connectivity index (χ3v) is 3.63. The molecule has 3 aromatic heterocycles. The number of benzene rings is 1. The van der Waals surface area contributed by atoms with Crippen LogP contribution in [0.15, 0.2) is 36.7 Å². The van der Waals surface area contributed by atoms with Crippen molar-refractivity contribution in [3.63, 3.8) is 0 Å². The number of pyridine rings is 1. The summed E-state index contributed by atoms with van der Waals surface area (Å²) >= 11 is 0. The first-order valence-electron chi connectivity index (χ1n) is 6.58. The minimum atomic E-state index is -0.611. The fourth-order valence-corrected chi connectivity index (χ4v) is 2.61. The maximum Gasteiger partial charge on any atom is 0.267 e. The summed E-state index contributed by atoms with van der Waals surface area (Å²) in [5.41, 5.74) is 8.47. The second-order valence-corrected chi connectivity index (χ2v) is 4.98. The first-order valence-corrected chi connectivity index (χ1v) is 6.58. The van der Waals surface area contributed by atoms with Crippen LogP contribution in [0, 0.1) is 0 Å². The summed E-state index contributed by atoms with van der Waals surface area (Å²) < 4.78 is 0. The van der Waals surface area contributed by atoms with Crippen molar-refractivity contribution in [1.29, 1.82) is 0 Å². The van der Waals surface area contributed by atoms with Crippen molar-refractivity contribution in [3.05, 3.63) is 42.4 Å². The van der Waals surface area contributed by atoms with Crippen molar-refractivity contribution in [2.24, 2.45) is 5.73 Å². The van der Waals surface area contributed by atoms with E-state index in [2.05, 4.69) is 20.2 Å². The highest BCUT2D eigenvalue weighted by molar-refractivity contribution is 6.06. The number of primary amides is 1. The minimum absolute atomic E-state index is 0.154. The van der Waals surface area contributed by atoms with E-state index in [-0.39, 0.29) is 11.4 Å². The quantitative estimate of drug-likeness (QED) is 0.451. The number of nitrogens with two attached hydrogens (primary N) is 1. The van der Waals surface area contributed by atoms with Gasteiger partial charge < -0.3 is 15.8 Å². The summed E-state index contributed by atoms with van der Waals surface area (Å²) in [7, 11) is 0. The van der Waals surface area contributed by atoms with Crippen LogP contribution in [0.1, 0.15) is 10.5 Å². The van der Waals surface area contributed by atoms with Gasteiger partial charge in [-0.05, 0) is 29.8 Å². The highest BCUT2D eigenvalue weighted by Gasteiger charge is 2.15. The first-order chi connectivity index (χ1) is 10.6. The zero-order valence-corrected chi connectivity index (χ0v) is 11.3. The fraction of sp³-hybridized carbons (Fsp3) is 0. The molecule has 4 rings (SSSR count). The number of phenolic OH excluding ortho intramolecular Hbond substituents is 1. The third kappa shape index (κ3) is 1.72.